The summed E-state index contributed by atoms with van der Waals surface area (Å²) in [5, 5.41) is 10.7. The number of hydrogen-bond acceptors (Lipinski definition) is 5. The first kappa shape index (κ1) is 17.1. The molecule has 7 nitrogen and oxygen atoms in total. The third kappa shape index (κ3) is 3.62. The normalized spacial score (nSPS) is 18.2. The molecule has 27 heavy (non-hydrogen) atoms. The van der Waals surface area contributed by atoms with E-state index in [1.807, 2.05) is 23.1 Å². The Morgan fingerprint density at radius 3 is 2.70 bits per heavy atom. The monoisotopic (exact) mass is 366 g/mol. The van der Waals surface area contributed by atoms with Gasteiger partial charge in [-0.3, -0.25) is 14.9 Å². The zero-order valence-electron chi connectivity index (χ0n) is 14.5. The molecule has 0 bridgehead atoms. The van der Waals surface area contributed by atoms with E-state index < -0.39 is 4.92 Å². The molecule has 2 aromatic carbocycles. The summed E-state index contributed by atoms with van der Waals surface area (Å²) in [6, 6.07) is 12.0. The van der Waals surface area contributed by atoms with Gasteiger partial charge in [-0.15, -0.1) is 0 Å². The van der Waals surface area contributed by atoms with Crippen molar-refractivity contribution in [1.29, 1.82) is 0 Å². The fraction of sp³-hybridized carbons (Fsp3) is 0.250. The summed E-state index contributed by atoms with van der Waals surface area (Å²) in [7, 11) is 0. The molecular weight excluding hydrogens is 348 g/mol. The van der Waals surface area contributed by atoms with Gasteiger partial charge in [-0.2, -0.15) is 0 Å². The highest BCUT2D eigenvalue weighted by Crippen LogP contribution is 2.37. The Hall–Kier alpha value is -3.35. The van der Waals surface area contributed by atoms with Gasteiger partial charge in [-0.05, 0) is 47.9 Å². The van der Waals surface area contributed by atoms with E-state index in [1.165, 1.54) is 18.2 Å². The van der Waals surface area contributed by atoms with Crippen LogP contribution >= 0.6 is 0 Å². The van der Waals surface area contributed by atoms with Crippen LogP contribution in [0.3, 0.4) is 0 Å². The summed E-state index contributed by atoms with van der Waals surface area (Å²) < 4.78 is 10.8. The molecule has 1 fully saturated rings. The second-order valence-corrected chi connectivity index (χ2v) is 6.56. The first-order chi connectivity index (χ1) is 13.1. The molecule has 0 saturated carbocycles. The van der Waals surface area contributed by atoms with E-state index >= 15 is 0 Å². The second kappa shape index (κ2) is 7.11. The average Bonchev–Trinajstić information content (AvgIpc) is 3.35. The number of non-ortho nitro benzene ring substituents is 1. The SMILES string of the molecule is O=C(/C=C/c1ccc([N+](=O)[O-])cc1)N1CCC(c2ccc3c(c2)OCO3)C1. The zero-order valence-corrected chi connectivity index (χ0v) is 14.5. The minimum atomic E-state index is -0.445. The number of fused-ring (bicyclic) bond motifs is 1. The van der Waals surface area contributed by atoms with Gasteiger partial charge < -0.3 is 14.4 Å². The van der Waals surface area contributed by atoms with Crippen LogP contribution in [0.4, 0.5) is 5.69 Å². The highest BCUT2D eigenvalue weighted by atomic mass is 16.7. The van der Waals surface area contributed by atoms with E-state index in [9.17, 15) is 14.9 Å². The van der Waals surface area contributed by atoms with Crippen LogP contribution in [0.2, 0.25) is 0 Å². The summed E-state index contributed by atoms with van der Waals surface area (Å²) in [5.41, 5.74) is 1.93. The number of hydrogen-bond donors (Lipinski definition) is 0. The lowest BCUT2D eigenvalue weighted by Crippen LogP contribution is -2.26. The predicted octanol–water partition coefficient (Wildman–Crippen LogP) is 3.35. The van der Waals surface area contributed by atoms with Gasteiger partial charge in [0, 0.05) is 37.2 Å². The van der Waals surface area contributed by atoms with Gasteiger partial charge in [0.05, 0.1) is 4.92 Å². The molecule has 0 aliphatic carbocycles. The number of likely N-dealkylation sites (tertiary alicyclic amines) is 1. The minimum Gasteiger partial charge on any atom is -0.454 e. The van der Waals surface area contributed by atoms with Crippen LogP contribution in [0.15, 0.2) is 48.5 Å². The van der Waals surface area contributed by atoms with Crippen LogP contribution in [0.1, 0.15) is 23.5 Å². The first-order valence-electron chi connectivity index (χ1n) is 8.71. The van der Waals surface area contributed by atoms with Gasteiger partial charge in [0.2, 0.25) is 12.7 Å². The first-order valence-corrected chi connectivity index (χ1v) is 8.71. The Morgan fingerprint density at radius 2 is 1.93 bits per heavy atom. The van der Waals surface area contributed by atoms with Crippen LogP contribution in [0, 0.1) is 10.1 Å². The number of nitro groups is 1. The summed E-state index contributed by atoms with van der Waals surface area (Å²) in [6.45, 7) is 1.60. The number of ether oxygens (including phenoxy) is 2. The molecule has 2 aliphatic rings. The van der Waals surface area contributed by atoms with Crippen molar-refractivity contribution in [1.82, 2.24) is 4.90 Å². The van der Waals surface area contributed by atoms with Gasteiger partial charge in [0.1, 0.15) is 0 Å². The predicted molar refractivity (Wildman–Crippen MR) is 98.6 cm³/mol. The van der Waals surface area contributed by atoms with E-state index in [0.29, 0.717) is 13.1 Å². The van der Waals surface area contributed by atoms with E-state index in [-0.39, 0.29) is 24.3 Å². The molecule has 1 unspecified atom stereocenters. The number of amides is 1. The maximum atomic E-state index is 12.4. The molecule has 138 valence electrons. The van der Waals surface area contributed by atoms with E-state index in [2.05, 4.69) is 0 Å². The van der Waals surface area contributed by atoms with Crippen LogP contribution in [0.25, 0.3) is 6.08 Å². The molecule has 2 aliphatic heterocycles. The highest BCUT2D eigenvalue weighted by Gasteiger charge is 2.27. The maximum absolute atomic E-state index is 12.4. The fourth-order valence-corrected chi connectivity index (χ4v) is 3.38. The molecule has 2 heterocycles. The number of rotatable bonds is 4. The van der Waals surface area contributed by atoms with Crippen molar-refractivity contribution in [2.45, 2.75) is 12.3 Å². The number of carbonyl (C=O) groups is 1. The van der Waals surface area contributed by atoms with Gasteiger partial charge in [0.25, 0.3) is 5.69 Å². The Labute approximate surface area is 156 Å². The van der Waals surface area contributed by atoms with Crippen LogP contribution in [-0.4, -0.2) is 35.6 Å². The van der Waals surface area contributed by atoms with E-state index in [4.69, 9.17) is 9.47 Å². The second-order valence-electron chi connectivity index (χ2n) is 6.56. The van der Waals surface area contributed by atoms with Crippen molar-refractivity contribution in [3.63, 3.8) is 0 Å². The third-order valence-corrected chi connectivity index (χ3v) is 4.89. The lowest BCUT2D eigenvalue weighted by atomic mass is 9.98. The Bertz CT molecular complexity index is 907. The number of nitro benzene ring substituents is 1. The molecular formula is C20H18N2O5. The largest absolute Gasteiger partial charge is 0.454 e. The molecule has 1 amide bonds. The summed E-state index contributed by atoms with van der Waals surface area (Å²) >= 11 is 0. The molecule has 0 N–H and O–H groups in total. The summed E-state index contributed by atoms with van der Waals surface area (Å²) in [5.74, 6) is 1.74. The lowest BCUT2D eigenvalue weighted by molar-refractivity contribution is -0.384. The van der Waals surface area contributed by atoms with Crippen molar-refractivity contribution in [2.75, 3.05) is 19.9 Å². The molecule has 0 spiro atoms. The van der Waals surface area contributed by atoms with Gasteiger partial charge >= 0.3 is 0 Å². The van der Waals surface area contributed by atoms with Crippen molar-refractivity contribution in [3.05, 3.63) is 69.8 Å². The van der Waals surface area contributed by atoms with Gasteiger partial charge in [-0.1, -0.05) is 6.07 Å². The van der Waals surface area contributed by atoms with Crippen molar-refractivity contribution in [2.24, 2.45) is 0 Å². The van der Waals surface area contributed by atoms with Crippen molar-refractivity contribution in [3.8, 4) is 11.5 Å². The highest BCUT2D eigenvalue weighted by molar-refractivity contribution is 5.92. The number of nitrogens with zero attached hydrogens (tertiary/aromatic N) is 2. The molecule has 1 saturated heterocycles. The molecule has 0 aromatic heterocycles. The molecule has 1 atom stereocenters. The van der Waals surface area contributed by atoms with Crippen LogP contribution in [-0.2, 0) is 4.79 Å². The Kier molecular flexibility index (Phi) is 4.50. The lowest BCUT2D eigenvalue weighted by Gasteiger charge is -2.15. The summed E-state index contributed by atoms with van der Waals surface area (Å²) in [6.07, 6.45) is 4.10. The number of benzene rings is 2. The fourth-order valence-electron chi connectivity index (χ4n) is 3.38. The Balaban J connectivity index is 1.38. The van der Waals surface area contributed by atoms with E-state index in [0.717, 1.165) is 29.0 Å². The maximum Gasteiger partial charge on any atom is 0.269 e. The molecule has 0 radical (unpaired) electrons. The molecule has 4 rings (SSSR count). The average molecular weight is 366 g/mol. The van der Waals surface area contributed by atoms with Gasteiger partial charge in [-0.25, -0.2) is 0 Å². The summed E-state index contributed by atoms with van der Waals surface area (Å²) in [4.78, 5) is 24.5. The van der Waals surface area contributed by atoms with Gasteiger partial charge in [0.15, 0.2) is 11.5 Å². The topological polar surface area (TPSA) is 81.9 Å². The Morgan fingerprint density at radius 1 is 1.15 bits per heavy atom. The number of carbonyl (C=O) groups excluding carboxylic acids is 1. The quantitative estimate of drug-likeness (QED) is 0.471. The zero-order chi connectivity index (χ0) is 18.8. The minimum absolute atomic E-state index is 0.0320. The third-order valence-electron chi connectivity index (χ3n) is 4.89. The van der Waals surface area contributed by atoms with Crippen molar-refractivity contribution < 1.29 is 19.2 Å². The smallest absolute Gasteiger partial charge is 0.269 e. The standard InChI is InChI=1S/C20H18N2O5/c23-20(8-3-14-1-5-17(6-2-14)22(24)25)21-10-9-16(12-21)15-4-7-18-19(11-15)27-13-26-18/h1-8,11,16H,9-10,12-13H2/b8-3+. The van der Waals surface area contributed by atoms with Crippen LogP contribution < -0.4 is 9.47 Å². The molecule has 7 heteroatoms. The van der Waals surface area contributed by atoms with Crippen LogP contribution in [0.5, 0.6) is 11.5 Å². The van der Waals surface area contributed by atoms with Crippen molar-refractivity contribution >= 4 is 17.7 Å². The van der Waals surface area contributed by atoms with E-state index in [1.54, 1.807) is 18.2 Å². The molecule has 2 aromatic rings.